The minimum Gasteiger partial charge on any atom is -0.310 e. The minimum absolute atomic E-state index is 0.503. The average Bonchev–Trinajstić information content (AvgIpc) is 2.75. The summed E-state index contributed by atoms with van der Waals surface area (Å²) in [7, 11) is 0. The molecule has 16 heavy (non-hydrogen) atoms. The highest BCUT2D eigenvalue weighted by Crippen LogP contribution is 2.30. The predicted octanol–water partition coefficient (Wildman–Crippen LogP) is 2.91. The lowest BCUT2D eigenvalue weighted by atomic mass is 9.98. The summed E-state index contributed by atoms with van der Waals surface area (Å²) in [5.74, 6) is 0.775. The second-order valence-electron chi connectivity index (χ2n) is 4.72. The zero-order valence-electron chi connectivity index (χ0n) is 9.48. The van der Waals surface area contributed by atoms with Crippen molar-refractivity contribution in [3.8, 4) is 0 Å². The van der Waals surface area contributed by atoms with Crippen molar-refractivity contribution in [1.29, 1.82) is 0 Å². The van der Waals surface area contributed by atoms with E-state index in [1.165, 1.54) is 17.4 Å². The van der Waals surface area contributed by atoms with Crippen molar-refractivity contribution in [3.05, 3.63) is 42.1 Å². The summed E-state index contributed by atoms with van der Waals surface area (Å²) in [6, 6.07) is 11.0. The summed E-state index contributed by atoms with van der Waals surface area (Å²) >= 11 is 0. The van der Waals surface area contributed by atoms with Gasteiger partial charge in [0.1, 0.15) is 0 Å². The average molecular weight is 212 g/mol. The molecule has 2 atom stereocenters. The van der Waals surface area contributed by atoms with E-state index in [0.29, 0.717) is 6.04 Å². The largest absolute Gasteiger partial charge is 0.310 e. The van der Waals surface area contributed by atoms with Crippen LogP contribution in [0.15, 0.2) is 36.5 Å². The topological polar surface area (TPSA) is 24.9 Å². The Balaban J connectivity index is 2.09. The summed E-state index contributed by atoms with van der Waals surface area (Å²) in [4.78, 5) is 4.40. The van der Waals surface area contributed by atoms with E-state index >= 15 is 0 Å². The summed E-state index contributed by atoms with van der Waals surface area (Å²) in [5, 5.41) is 4.88. The normalized spacial score (nSPS) is 25.1. The van der Waals surface area contributed by atoms with Crippen LogP contribution in [-0.4, -0.2) is 11.5 Å². The number of nitrogens with one attached hydrogen (secondary N) is 1. The maximum Gasteiger partial charge on any atom is 0.0705 e. The van der Waals surface area contributed by atoms with Crippen molar-refractivity contribution in [3.63, 3.8) is 0 Å². The zero-order chi connectivity index (χ0) is 11.0. The second kappa shape index (κ2) is 3.87. The lowest BCUT2D eigenvalue weighted by molar-refractivity contribution is 0.614. The lowest BCUT2D eigenvalue weighted by Crippen LogP contribution is -2.13. The van der Waals surface area contributed by atoms with Crippen molar-refractivity contribution in [2.45, 2.75) is 19.4 Å². The van der Waals surface area contributed by atoms with Gasteiger partial charge >= 0.3 is 0 Å². The van der Waals surface area contributed by atoms with Crippen molar-refractivity contribution in [2.75, 3.05) is 6.54 Å². The van der Waals surface area contributed by atoms with Gasteiger partial charge in [-0.25, -0.2) is 0 Å². The smallest absolute Gasteiger partial charge is 0.0705 e. The number of fused-ring (bicyclic) bond motifs is 1. The molecule has 2 heterocycles. The van der Waals surface area contributed by atoms with Crippen LogP contribution in [0.3, 0.4) is 0 Å². The molecule has 1 saturated heterocycles. The zero-order valence-corrected chi connectivity index (χ0v) is 9.48. The second-order valence-corrected chi connectivity index (χ2v) is 4.72. The number of aromatic nitrogens is 1. The molecule has 0 aliphatic carbocycles. The molecule has 1 aromatic carbocycles. The molecule has 1 N–H and O–H groups in total. The SMILES string of the molecule is C[C@H]1CN[C@@H](c2ccnc3ccccc23)C1. The van der Waals surface area contributed by atoms with Crippen LogP contribution in [0.1, 0.15) is 24.9 Å². The molecule has 0 radical (unpaired) electrons. The molecule has 1 aliphatic heterocycles. The monoisotopic (exact) mass is 212 g/mol. The first-order valence-electron chi connectivity index (χ1n) is 5.91. The van der Waals surface area contributed by atoms with Crippen molar-refractivity contribution in [1.82, 2.24) is 10.3 Å². The number of rotatable bonds is 1. The third-order valence-electron chi connectivity index (χ3n) is 3.41. The van der Waals surface area contributed by atoms with Crippen LogP contribution >= 0.6 is 0 Å². The van der Waals surface area contributed by atoms with Crippen LogP contribution in [0.25, 0.3) is 10.9 Å². The van der Waals surface area contributed by atoms with Gasteiger partial charge < -0.3 is 5.32 Å². The van der Waals surface area contributed by atoms with Gasteiger partial charge in [0.15, 0.2) is 0 Å². The van der Waals surface area contributed by atoms with E-state index in [1.54, 1.807) is 0 Å². The maximum absolute atomic E-state index is 4.40. The van der Waals surface area contributed by atoms with E-state index in [1.807, 2.05) is 12.3 Å². The van der Waals surface area contributed by atoms with Crippen LogP contribution in [0.2, 0.25) is 0 Å². The highest BCUT2D eigenvalue weighted by molar-refractivity contribution is 5.82. The summed E-state index contributed by atoms with van der Waals surface area (Å²) in [6.07, 6.45) is 3.15. The molecule has 3 rings (SSSR count). The van der Waals surface area contributed by atoms with E-state index in [9.17, 15) is 0 Å². The molecule has 0 unspecified atom stereocenters. The molecule has 2 nitrogen and oxygen atoms in total. The van der Waals surface area contributed by atoms with Gasteiger partial charge in [0.25, 0.3) is 0 Å². The van der Waals surface area contributed by atoms with Gasteiger partial charge in [-0.15, -0.1) is 0 Å². The Kier molecular flexibility index (Phi) is 2.37. The Morgan fingerprint density at radius 1 is 1.25 bits per heavy atom. The molecule has 0 spiro atoms. The number of hydrogen-bond donors (Lipinski definition) is 1. The summed E-state index contributed by atoms with van der Waals surface area (Å²) in [6.45, 7) is 3.43. The van der Waals surface area contributed by atoms with E-state index in [2.05, 4.69) is 41.5 Å². The highest BCUT2D eigenvalue weighted by atomic mass is 14.9. The van der Waals surface area contributed by atoms with Gasteiger partial charge in [-0.05, 0) is 36.6 Å². The minimum atomic E-state index is 0.503. The van der Waals surface area contributed by atoms with E-state index < -0.39 is 0 Å². The summed E-state index contributed by atoms with van der Waals surface area (Å²) < 4.78 is 0. The fraction of sp³-hybridized carbons (Fsp3) is 0.357. The molecule has 2 heteroatoms. The van der Waals surface area contributed by atoms with Gasteiger partial charge in [-0.2, -0.15) is 0 Å². The molecule has 2 aromatic rings. The summed E-state index contributed by atoms with van der Waals surface area (Å²) in [5.41, 5.74) is 2.50. The third-order valence-corrected chi connectivity index (χ3v) is 3.41. The van der Waals surface area contributed by atoms with Gasteiger partial charge in [0, 0.05) is 17.6 Å². The molecular weight excluding hydrogens is 196 g/mol. The number of para-hydroxylation sites is 1. The van der Waals surface area contributed by atoms with Crippen LogP contribution in [-0.2, 0) is 0 Å². The predicted molar refractivity (Wildman–Crippen MR) is 66.3 cm³/mol. The van der Waals surface area contributed by atoms with Crippen LogP contribution in [0.4, 0.5) is 0 Å². The molecule has 0 saturated carbocycles. The molecule has 1 aliphatic rings. The van der Waals surface area contributed by atoms with Gasteiger partial charge in [-0.1, -0.05) is 25.1 Å². The quantitative estimate of drug-likeness (QED) is 0.786. The Hall–Kier alpha value is -1.41. The van der Waals surface area contributed by atoms with E-state index in [-0.39, 0.29) is 0 Å². The lowest BCUT2D eigenvalue weighted by Gasteiger charge is -2.13. The molecule has 0 bridgehead atoms. The first-order valence-corrected chi connectivity index (χ1v) is 5.91. The molecular formula is C14H16N2. The number of hydrogen-bond acceptors (Lipinski definition) is 2. The molecule has 1 aromatic heterocycles. The number of benzene rings is 1. The fourth-order valence-electron chi connectivity index (χ4n) is 2.57. The maximum atomic E-state index is 4.40. The number of pyridine rings is 1. The molecule has 82 valence electrons. The van der Waals surface area contributed by atoms with Gasteiger partial charge in [-0.3, -0.25) is 4.98 Å². The molecule has 0 amide bonds. The van der Waals surface area contributed by atoms with Crippen LogP contribution < -0.4 is 5.32 Å². The van der Waals surface area contributed by atoms with Crippen molar-refractivity contribution in [2.24, 2.45) is 5.92 Å². The Bertz CT molecular complexity index is 502. The number of nitrogens with zero attached hydrogens (tertiary/aromatic N) is 1. The van der Waals surface area contributed by atoms with Crippen LogP contribution in [0, 0.1) is 5.92 Å². The fourth-order valence-corrected chi connectivity index (χ4v) is 2.57. The highest BCUT2D eigenvalue weighted by Gasteiger charge is 2.23. The molecule has 1 fully saturated rings. The Labute approximate surface area is 95.7 Å². The van der Waals surface area contributed by atoms with Crippen molar-refractivity contribution < 1.29 is 0 Å². The van der Waals surface area contributed by atoms with Crippen LogP contribution in [0.5, 0.6) is 0 Å². The first kappa shape index (κ1) is 9.79. The van der Waals surface area contributed by atoms with E-state index in [4.69, 9.17) is 0 Å². The Morgan fingerprint density at radius 2 is 2.12 bits per heavy atom. The van der Waals surface area contributed by atoms with Gasteiger partial charge in [0.05, 0.1) is 5.52 Å². The Morgan fingerprint density at radius 3 is 2.94 bits per heavy atom. The standard InChI is InChI=1S/C14H16N2/c1-10-8-14(16-9-10)12-6-7-15-13-5-3-2-4-11(12)13/h2-7,10,14,16H,8-9H2,1H3/t10-,14-/m1/s1. The van der Waals surface area contributed by atoms with Gasteiger partial charge in [0.2, 0.25) is 0 Å². The van der Waals surface area contributed by atoms with E-state index in [0.717, 1.165) is 18.0 Å². The first-order chi connectivity index (χ1) is 7.84. The third kappa shape index (κ3) is 1.59. The van der Waals surface area contributed by atoms with Crippen molar-refractivity contribution >= 4 is 10.9 Å².